The number of carbonyl (C=O) groups is 1. The Hall–Kier alpha value is -1.03. The van der Waals surface area contributed by atoms with Gasteiger partial charge in [0.2, 0.25) is 5.91 Å². The predicted octanol–water partition coefficient (Wildman–Crippen LogP) is 4.90. The summed E-state index contributed by atoms with van der Waals surface area (Å²) >= 11 is 16.0. The first-order valence-corrected chi connectivity index (χ1v) is 8.01. The number of hydrogen-bond donors (Lipinski definition) is 1. The fourth-order valence-electron chi connectivity index (χ4n) is 2.51. The molecule has 0 radical (unpaired) electrons. The maximum Gasteiger partial charge on any atom is 0.238 e. The van der Waals surface area contributed by atoms with E-state index in [0.717, 1.165) is 10.0 Å². The van der Waals surface area contributed by atoms with Gasteiger partial charge in [0.1, 0.15) is 9.75 Å². The van der Waals surface area contributed by atoms with Crippen LogP contribution >= 0.6 is 39.1 Å². The molecule has 1 amide bonds. The lowest BCUT2D eigenvalue weighted by molar-refractivity contribution is -0.118. The van der Waals surface area contributed by atoms with Crippen molar-refractivity contribution in [3.8, 4) is 0 Å². The topological polar surface area (TPSA) is 29.1 Å². The van der Waals surface area contributed by atoms with E-state index in [2.05, 4.69) is 21.2 Å². The summed E-state index contributed by atoms with van der Waals surface area (Å²) in [7, 11) is 0. The summed E-state index contributed by atoms with van der Waals surface area (Å²) in [5.41, 5.74) is 0.655. The fraction of sp³-hybridized carbons (Fsp3) is 0.188. The summed E-state index contributed by atoms with van der Waals surface area (Å²) in [5.74, 6) is -0.184. The number of hydrogen-bond acceptors (Lipinski definition) is 1. The van der Waals surface area contributed by atoms with Gasteiger partial charge in [-0.3, -0.25) is 4.79 Å². The van der Waals surface area contributed by atoms with Gasteiger partial charge < -0.3 is 5.32 Å². The Morgan fingerprint density at radius 2 is 1.76 bits per heavy atom. The van der Waals surface area contributed by atoms with Crippen molar-refractivity contribution in [3.05, 3.63) is 64.6 Å². The molecule has 2 nitrogen and oxygen atoms in total. The van der Waals surface area contributed by atoms with Crippen molar-refractivity contribution in [3.63, 3.8) is 0 Å². The van der Waals surface area contributed by atoms with Crippen LogP contribution in [0.3, 0.4) is 0 Å². The molecule has 3 rings (SSSR count). The molecule has 0 aliphatic heterocycles. The molecule has 1 atom stereocenters. The van der Waals surface area contributed by atoms with Crippen LogP contribution in [0.1, 0.15) is 12.0 Å². The molecule has 2 aromatic rings. The molecule has 0 saturated heterocycles. The van der Waals surface area contributed by atoms with E-state index in [1.807, 2.05) is 54.6 Å². The van der Waals surface area contributed by atoms with Gasteiger partial charge in [-0.05, 0) is 23.8 Å². The highest BCUT2D eigenvalue weighted by Gasteiger charge is 2.72. The molecule has 1 saturated carbocycles. The van der Waals surface area contributed by atoms with Crippen molar-refractivity contribution in [2.24, 2.45) is 0 Å². The number of rotatable bonds is 3. The number of nitrogens with one attached hydrogen (secondary N) is 1. The minimum Gasteiger partial charge on any atom is -0.325 e. The van der Waals surface area contributed by atoms with Gasteiger partial charge >= 0.3 is 0 Å². The van der Waals surface area contributed by atoms with Gasteiger partial charge in [-0.15, -0.1) is 23.2 Å². The average molecular weight is 385 g/mol. The van der Waals surface area contributed by atoms with E-state index >= 15 is 0 Å². The van der Waals surface area contributed by atoms with E-state index in [1.165, 1.54) is 0 Å². The monoisotopic (exact) mass is 383 g/mol. The number of amides is 1. The molecular weight excluding hydrogens is 373 g/mol. The van der Waals surface area contributed by atoms with Crippen LogP contribution in [0.4, 0.5) is 5.69 Å². The Morgan fingerprint density at radius 1 is 1.10 bits per heavy atom. The molecule has 1 aliphatic carbocycles. The number of benzene rings is 2. The maximum atomic E-state index is 12.7. The third-order valence-electron chi connectivity index (χ3n) is 3.72. The number of halogens is 3. The molecule has 108 valence electrons. The lowest BCUT2D eigenvalue weighted by Crippen LogP contribution is -2.32. The Balaban J connectivity index is 1.91. The Kier molecular flexibility index (Phi) is 3.76. The summed E-state index contributed by atoms with van der Waals surface area (Å²) in [6.07, 6.45) is 0.410. The average Bonchev–Trinajstić information content (AvgIpc) is 3.04. The van der Waals surface area contributed by atoms with E-state index in [0.29, 0.717) is 12.1 Å². The van der Waals surface area contributed by atoms with Crippen molar-refractivity contribution in [1.29, 1.82) is 0 Å². The molecule has 21 heavy (non-hydrogen) atoms. The van der Waals surface area contributed by atoms with E-state index in [-0.39, 0.29) is 5.91 Å². The minimum absolute atomic E-state index is 0.184. The second-order valence-corrected chi connectivity index (χ2v) is 7.52. The number of anilines is 1. The molecular formula is C16H12BrCl2NO. The molecule has 0 aromatic heterocycles. The van der Waals surface area contributed by atoms with Crippen LogP contribution in [-0.4, -0.2) is 10.2 Å². The van der Waals surface area contributed by atoms with Gasteiger partial charge in [-0.25, -0.2) is 0 Å². The van der Waals surface area contributed by atoms with E-state index in [4.69, 9.17) is 23.2 Å². The zero-order valence-electron chi connectivity index (χ0n) is 10.9. The number of carbonyl (C=O) groups excluding carboxylic acids is 1. The van der Waals surface area contributed by atoms with Crippen LogP contribution in [0.5, 0.6) is 0 Å². The largest absolute Gasteiger partial charge is 0.325 e. The Morgan fingerprint density at radius 3 is 2.33 bits per heavy atom. The molecule has 2 aromatic carbocycles. The first-order chi connectivity index (χ1) is 9.96. The van der Waals surface area contributed by atoms with Gasteiger partial charge in [0, 0.05) is 16.6 Å². The highest BCUT2D eigenvalue weighted by atomic mass is 79.9. The summed E-state index contributed by atoms with van der Waals surface area (Å²) in [5, 5.41) is 2.90. The van der Waals surface area contributed by atoms with Gasteiger partial charge in [-0.2, -0.15) is 0 Å². The highest BCUT2D eigenvalue weighted by molar-refractivity contribution is 9.10. The van der Waals surface area contributed by atoms with E-state index in [1.54, 1.807) is 0 Å². The first-order valence-electron chi connectivity index (χ1n) is 6.46. The van der Waals surface area contributed by atoms with Gasteiger partial charge in [-0.1, -0.05) is 52.3 Å². The fourth-order valence-corrected chi connectivity index (χ4v) is 3.70. The maximum absolute atomic E-state index is 12.7. The van der Waals surface area contributed by atoms with Crippen molar-refractivity contribution in [2.75, 3.05) is 5.32 Å². The molecule has 1 aliphatic rings. The van der Waals surface area contributed by atoms with Crippen molar-refractivity contribution in [1.82, 2.24) is 0 Å². The molecule has 5 heteroatoms. The summed E-state index contributed by atoms with van der Waals surface area (Å²) in [4.78, 5) is 12.7. The Labute approximate surface area is 141 Å². The van der Waals surface area contributed by atoms with Crippen LogP contribution in [0, 0.1) is 0 Å². The van der Waals surface area contributed by atoms with Gasteiger partial charge in [0.25, 0.3) is 0 Å². The summed E-state index contributed by atoms with van der Waals surface area (Å²) < 4.78 is -0.169. The number of alkyl halides is 2. The quantitative estimate of drug-likeness (QED) is 0.749. The highest BCUT2D eigenvalue weighted by Crippen LogP contribution is 2.65. The predicted molar refractivity (Wildman–Crippen MR) is 89.9 cm³/mol. The smallest absolute Gasteiger partial charge is 0.238 e. The first kappa shape index (κ1) is 14.9. The second kappa shape index (κ2) is 5.31. The molecule has 0 bridgehead atoms. The molecule has 0 spiro atoms. The van der Waals surface area contributed by atoms with Crippen molar-refractivity contribution in [2.45, 2.75) is 16.2 Å². The SMILES string of the molecule is O=C(Nc1cccc(Br)c1)[C@@]1(c2ccccc2)CC1(Cl)Cl. The van der Waals surface area contributed by atoms with Crippen LogP contribution in [-0.2, 0) is 10.2 Å². The standard InChI is InChI=1S/C16H12BrCl2NO/c17-12-7-4-8-13(9-12)20-14(21)15(10-16(15,18)19)11-5-2-1-3-6-11/h1-9H,10H2,(H,20,21)/t15-/m0/s1. The summed E-state index contributed by atoms with van der Waals surface area (Å²) in [6.45, 7) is 0. The second-order valence-electron chi connectivity index (χ2n) is 5.12. The summed E-state index contributed by atoms with van der Waals surface area (Å²) in [6, 6.07) is 16.8. The molecule has 1 N–H and O–H groups in total. The molecule has 0 heterocycles. The Bertz CT molecular complexity index is 690. The zero-order chi connectivity index (χ0) is 15.1. The normalized spacial score (nSPS) is 22.6. The molecule has 1 fully saturated rings. The van der Waals surface area contributed by atoms with Crippen LogP contribution in [0.2, 0.25) is 0 Å². The van der Waals surface area contributed by atoms with Crippen LogP contribution in [0.25, 0.3) is 0 Å². The van der Waals surface area contributed by atoms with Crippen LogP contribution < -0.4 is 5.32 Å². The lowest BCUT2D eigenvalue weighted by Gasteiger charge is -2.18. The lowest BCUT2D eigenvalue weighted by atomic mass is 9.94. The van der Waals surface area contributed by atoms with E-state index < -0.39 is 9.75 Å². The van der Waals surface area contributed by atoms with Crippen molar-refractivity contribution >= 4 is 50.7 Å². The minimum atomic E-state index is -1.07. The van der Waals surface area contributed by atoms with Crippen LogP contribution in [0.15, 0.2) is 59.1 Å². The van der Waals surface area contributed by atoms with E-state index in [9.17, 15) is 4.79 Å². The zero-order valence-corrected chi connectivity index (χ0v) is 14.0. The third-order valence-corrected chi connectivity index (χ3v) is 5.13. The molecule has 0 unspecified atom stereocenters. The van der Waals surface area contributed by atoms with Crippen molar-refractivity contribution < 1.29 is 4.79 Å². The van der Waals surface area contributed by atoms with Gasteiger partial charge in [0.15, 0.2) is 0 Å². The van der Waals surface area contributed by atoms with Gasteiger partial charge in [0.05, 0.1) is 0 Å². The third kappa shape index (κ3) is 2.59.